The van der Waals surface area contributed by atoms with Crippen molar-refractivity contribution in [1.29, 1.82) is 0 Å². The van der Waals surface area contributed by atoms with E-state index < -0.39 is 0 Å². The van der Waals surface area contributed by atoms with Crippen LogP contribution >= 0.6 is 0 Å². The quantitative estimate of drug-likeness (QED) is 0.681. The van der Waals surface area contributed by atoms with Gasteiger partial charge in [0.25, 0.3) is 0 Å². The number of nitrogens with one attached hydrogen (secondary N) is 1. The summed E-state index contributed by atoms with van der Waals surface area (Å²) in [7, 11) is 0. The number of carbonyl (C=O) groups is 1. The van der Waals surface area contributed by atoms with E-state index >= 15 is 0 Å². The molecule has 3 unspecified atom stereocenters. The Morgan fingerprint density at radius 1 is 1.50 bits per heavy atom. The first-order chi connectivity index (χ1) is 5.81. The van der Waals surface area contributed by atoms with E-state index in [1.807, 2.05) is 6.92 Å². The highest BCUT2D eigenvalue weighted by molar-refractivity contribution is 5.76. The summed E-state index contributed by atoms with van der Waals surface area (Å²) in [5.41, 5.74) is 0. The first-order valence-electron chi connectivity index (χ1n) is 5.10. The molecule has 2 heteroatoms. The summed E-state index contributed by atoms with van der Waals surface area (Å²) in [6.07, 6.45) is 5.62. The third kappa shape index (κ3) is 1.47. The lowest BCUT2D eigenvalue weighted by molar-refractivity contribution is -0.121. The zero-order valence-electron chi connectivity index (χ0n) is 7.68. The lowest BCUT2D eigenvalue weighted by atomic mass is 10.1. The SMILES string of the molecule is CCCC(=O)NC1CCC2CC21. The molecule has 1 amide bonds. The predicted molar refractivity (Wildman–Crippen MR) is 47.7 cm³/mol. The van der Waals surface area contributed by atoms with Crippen molar-refractivity contribution in [3.8, 4) is 0 Å². The summed E-state index contributed by atoms with van der Waals surface area (Å²) >= 11 is 0. The average Bonchev–Trinajstić information content (AvgIpc) is 2.71. The Bertz CT molecular complexity index is 190. The van der Waals surface area contributed by atoms with Gasteiger partial charge in [0.15, 0.2) is 0 Å². The van der Waals surface area contributed by atoms with Gasteiger partial charge in [0.1, 0.15) is 0 Å². The van der Waals surface area contributed by atoms with E-state index in [1.165, 1.54) is 19.3 Å². The van der Waals surface area contributed by atoms with E-state index in [0.717, 1.165) is 18.3 Å². The molecule has 68 valence electrons. The maximum atomic E-state index is 11.3. The molecule has 2 rings (SSSR count). The minimum atomic E-state index is 0.259. The highest BCUT2D eigenvalue weighted by Gasteiger charge is 2.48. The second-order valence-corrected chi connectivity index (χ2v) is 4.16. The number of hydrogen-bond donors (Lipinski definition) is 1. The smallest absolute Gasteiger partial charge is 0.220 e. The summed E-state index contributed by atoms with van der Waals surface area (Å²) in [6.45, 7) is 2.05. The second-order valence-electron chi connectivity index (χ2n) is 4.16. The van der Waals surface area contributed by atoms with Crippen molar-refractivity contribution in [2.45, 2.75) is 45.1 Å². The lowest BCUT2D eigenvalue weighted by Gasteiger charge is -2.13. The molecular weight excluding hydrogens is 150 g/mol. The summed E-state index contributed by atoms with van der Waals surface area (Å²) in [4.78, 5) is 11.3. The fourth-order valence-corrected chi connectivity index (χ4v) is 2.39. The summed E-state index contributed by atoms with van der Waals surface area (Å²) in [5.74, 6) is 2.08. The molecule has 2 fully saturated rings. The molecule has 0 heterocycles. The largest absolute Gasteiger partial charge is 0.353 e. The van der Waals surface area contributed by atoms with Crippen LogP contribution in [-0.4, -0.2) is 11.9 Å². The summed E-state index contributed by atoms with van der Waals surface area (Å²) < 4.78 is 0. The third-order valence-electron chi connectivity index (χ3n) is 3.17. The van der Waals surface area contributed by atoms with Gasteiger partial charge in [-0.05, 0) is 37.5 Å². The Kier molecular flexibility index (Phi) is 2.07. The second kappa shape index (κ2) is 3.08. The van der Waals surface area contributed by atoms with Gasteiger partial charge < -0.3 is 5.32 Å². The van der Waals surface area contributed by atoms with Crippen LogP contribution < -0.4 is 5.32 Å². The molecule has 3 atom stereocenters. The van der Waals surface area contributed by atoms with Crippen LogP contribution in [0, 0.1) is 11.8 Å². The molecule has 0 aromatic rings. The molecule has 1 N–H and O–H groups in total. The van der Waals surface area contributed by atoms with Gasteiger partial charge in [0.2, 0.25) is 5.91 Å². The molecular formula is C10H17NO. The van der Waals surface area contributed by atoms with E-state index in [4.69, 9.17) is 0 Å². The Morgan fingerprint density at radius 2 is 2.33 bits per heavy atom. The van der Waals surface area contributed by atoms with Gasteiger partial charge in [0.05, 0.1) is 0 Å². The van der Waals surface area contributed by atoms with Gasteiger partial charge in [-0.2, -0.15) is 0 Å². The van der Waals surface area contributed by atoms with Crippen molar-refractivity contribution in [3.63, 3.8) is 0 Å². The lowest BCUT2D eigenvalue weighted by Crippen LogP contribution is -2.34. The van der Waals surface area contributed by atoms with E-state index in [2.05, 4.69) is 5.32 Å². The zero-order valence-corrected chi connectivity index (χ0v) is 7.68. The van der Waals surface area contributed by atoms with Crippen LogP contribution in [0.4, 0.5) is 0 Å². The molecule has 0 aromatic carbocycles. The minimum absolute atomic E-state index is 0.259. The first kappa shape index (κ1) is 8.09. The molecule has 2 aliphatic carbocycles. The molecule has 0 saturated heterocycles. The van der Waals surface area contributed by atoms with Crippen molar-refractivity contribution in [1.82, 2.24) is 5.32 Å². The number of amides is 1. The fourth-order valence-electron chi connectivity index (χ4n) is 2.39. The topological polar surface area (TPSA) is 29.1 Å². The van der Waals surface area contributed by atoms with Gasteiger partial charge >= 0.3 is 0 Å². The first-order valence-corrected chi connectivity index (χ1v) is 5.10. The summed E-state index contributed by atoms with van der Waals surface area (Å²) in [6, 6.07) is 0.536. The molecule has 0 aliphatic heterocycles. The highest BCUT2D eigenvalue weighted by Crippen LogP contribution is 2.51. The Balaban J connectivity index is 1.75. The number of rotatable bonds is 3. The van der Waals surface area contributed by atoms with E-state index in [-0.39, 0.29) is 5.91 Å². The Hall–Kier alpha value is -0.530. The minimum Gasteiger partial charge on any atom is -0.353 e. The maximum absolute atomic E-state index is 11.3. The van der Waals surface area contributed by atoms with E-state index in [1.54, 1.807) is 0 Å². The molecule has 0 bridgehead atoms. The van der Waals surface area contributed by atoms with Crippen molar-refractivity contribution in [2.75, 3.05) is 0 Å². The number of carbonyl (C=O) groups excluding carboxylic acids is 1. The zero-order chi connectivity index (χ0) is 8.55. The summed E-state index contributed by atoms with van der Waals surface area (Å²) in [5, 5.41) is 3.13. The number of hydrogen-bond acceptors (Lipinski definition) is 1. The van der Waals surface area contributed by atoms with Crippen LogP contribution in [0.2, 0.25) is 0 Å². The van der Waals surface area contributed by atoms with Gasteiger partial charge in [-0.15, -0.1) is 0 Å². The molecule has 2 aliphatic rings. The molecule has 12 heavy (non-hydrogen) atoms. The van der Waals surface area contributed by atoms with E-state index in [0.29, 0.717) is 12.5 Å². The van der Waals surface area contributed by atoms with Crippen molar-refractivity contribution >= 4 is 5.91 Å². The van der Waals surface area contributed by atoms with Crippen LogP contribution in [0.5, 0.6) is 0 Å². The van der Waals surface area contributed by atoms with Gasteiger partial charge in [0, 0.05) is 12.5 Å². The Morgan fingerprint density at radius 3 is 2.83 bits per heavy atom. The fraction of sp³-hybridized carbons (Fsp3) is 0.900. The molecule has 0 radical (unpaired) electrons. The predicted octanol–water partition coefficient (Wildman–Crippen LogP) is 1.70. The van der Waals surface area contributed by atoms with Gasteiger partial charge in [-0.25, -0.2) is 0 Å². The molecule has 0 aromatic heterocycles. The average molecular weight is 167 g/mol. The van der Waals surface area contributed by atoms with Crippen LogP contribution in [-0.2, 0) is 4.79 Å². The van der Waals surface area contributed by atoms with Gasteiger partial charge in [-0.1, -0.05) is 6.92 Å². The number of fused-ring (bicyclic) bond motifs is 1. The normalized spacial score (nSPS) is 37.6. The monoisotopic (exact) mass is 167 g/mol. The third-order valence-corrected chi connectivity index (χ3v) is 3.17. The van der Waals surface area contributed by atoms with E-state index in [9.17, 15) is 4.79 Å². The van der Waals surface area contributed by atoms with Crippen molar-refractivity contribution in [2.24, 2.45) is 11.8 Å². The van der Waals surface area contributed by atoms with Crippen LogP contribution in [0.25, 0.3) is 0 Å². The highest BCUT2D eigenvalue weighted by atomic mass is 16.1. The van der Waals surface area contributed by atoms with Crippen LogP contribution in [0.15, 0.2) is 0 Å². The van der Waals surface area contributed by atoms with Crippen molar-refractivity contribution in [3.05, 3.63) is 0 Å². The Labute approximate surface area is 73.7 Å². The maximum Gasteiger partial charge on any atom is 0.220 e. The molecule has 2 saturated carbocycles. The molecule has 2 nitrogen and oxygen atoms in total. The van der Waals surface area contributed by atoms with Crippen molar-refractivity contribution < 1.29 is 4.79 Å². The standard InChI is InChI=1S/C10H17NO/c1-2-3-10(12)11-9-5-4-7-6-8(7)9/h7-9H,2-6H2,1H3,(H,11,12). The molecule has 0 spiro atoms. The van der Waals surface area contributed by atoms with Crippen LogP contribution in [0.1, 0.15) is 39.0 Å². The van der Waals surface area contributed by atoms with Gasteiger partial charge in [-0.3, -0.25) is 4.79 Å². The van der Waals surface area contributed by atoms with Crippen LogP contribution in [0.3, 0.4) is 0 Å².